The Morgan fingerprint density at radius 1 is 1.53 bits per heavy atom. The average Bonchev–Trinajstić information content (AvgIpc) is 3.07. The molecule has 1 saturated carbocycles. The summed E-state index contributed by atoms with van der Waals surface area (Å²) in [4.78, 5) is 0. The van der Waals surface area contributed by atoms with Crippen LogP contribution in [0.3, 0.4) is 0 Å². The number of aryl methyl sites for hydroxylation is 2. The third-order valence-electron chi connectivity index (χ3n) is 3.71. The van der Waals surface area contributed by atoms with Gasteiger partial charge in [-0.3, -0.25) is 4.68 Å². The summed E-state index contributed by atoms with van der Waals surface area (Å²) >= 11 is 0. The number of rotatable bonds is 6. The summed E-state index contributed by atoms with van der Waals surface area (Å²) < 4.78 is 2.02. The molecule has 2 rings (SSSR count). The smallest absolute Gasteiger partial charge is 0.0641 e. The van der Waals surface area contributed by atoms with Gasteiger partial charge in [-0.2, -0.15) is 5.10 Å². The van der Waals surface area contributed by atoms with Crippen molar-refractivity contribution >= 4 is 0 Å². The fraction of sp³-hybridized carbons (Fsp3) is 0.769. The maximum absolute atomic E-state index is 9.77. The molecule has 4 heteroatoms. The number of nitrogens with zero attached hydrogens (tertiary/aromatic N) is 2. The molecular formula is C13H23N3O. The number of aromatic nitrogens is 2. The SMILES string of the molecule is CCNC(CO)(Cn1nc(C)cc1C)C1CC1. The minimum atomic E-state index is -0.183. The first-order valence-electron chi connectivity index (χ1n) is 6.48. The van der Waals surface area contributed by atoms with E-state index in [0.717, 1.165) is 18.8 Å². The highest BCUT2D eigenvalue weighted by molar-refractivity contribution is 5.09. The largest absolute Gasteiger partial charge is 0.394 e. The first kappa shape index (κ1) is 12.6. The van der Waals surface area contributed by atoms with Crippen LogP contribution in [-0.2, 0) is 6.54 Å². The Bertz CT molecular complexity index is 384. The van der Waals surface area contributed by atoms with Crippen LogP contribution in [0.2, 0.25) is 0 Å². The second-order valence-corrected chi connectivity index (χ2v) is 5.20. The molecule has 0 radical (unpaired) electrons. The molecule has 0 bridgehead atoms. The van der Waals surface area contributed by atoms with E-state index in [1.165, 1.54) is 18.5 Å². The molecule has 17 heavy (non-hydrogen) atoms. The predicted octanol–water partition coefficient (Wildman–Crippen LogP) is 1.25. The van der Waals surface area contributed by atoms with Gasteiger partial charge in [0.1, 0.15) is 0 Å². The van der Waals surface area contributed by atoms with E-state index in [-0.39, 0.29) is 12.1 Å². The summed E-state index contributed by atoms with van der Waals surface area (Å²) in [6, 6.07) is 2.08. The molecule has 96 valence electrons. The van der Waals surface area contributed by atoms with Crippen LogP contribution in [0.15, 0.2) is 6.07 Å². The zero-order valence-corrected chi connectivity index (χ0v) is 11.0. The van der Waals surface area contributed by atoms with Crippen LogP contribution in [0.1, 0.15) is 31.2 Å². The summed E-state index contributed by atoms with van der Waals surface area (Å²) in [7, 11) is 0. The molecule has 0 spiro atoms. The Balaban J connectivity index is 2.19. The fourth-order valence-corrected chi connectivity index (χ4v) is 2.65. The van der Waals surface area contributed by atoms with Gasteiger partial charge in [-0.25, -0.2) is 0 Å². The van der Waals surface area contributed by atoms with Gasteiger partial charge in [0.05, 0.1) is 24.4 Å². The number of hydrogen-bond acceptors (Lipinski definition) is 3. The Morgan fingerprint density at radius 3 is 2.65 bits per heavy atom. The summed E-state index contributed by atoms with van der Waals surface area (Å²) in [6.07, 6.45) is 2.43. The molecule has 1 aromatic rings. The van der Waals surface area contributed by atoms with Crippen LogP contribution < -0.4 is 5.32 Å². The van der Waals surface area contributed by atoms with Crippen LogP contribution in [0.5, 0.6) is 0 Å². The molecule has 4 nitrogen and oxygen atoms in total. The first-order chi connectivity index (χ1) is 8.11. The predicted molar refractivity (Wildman–Crippen MR) is 67.9 cm³/mol. The topological polar surface area (TPSA) is 50.1 Å². The van der Waals surface area contributed by atoms with E-state index in [1.54, 1.807) is 0 Å². The highest BCUT2D eigenvalue weighted by Gasteiger charge is 2.44. The standard InChI is InChI=1S/C13H23N3O/c1-4-14-13(9-17,12-5-6-12)8-16-11(3)7-10(2)15-16/h7,12,14,17H,4-6,8-9H2,1-3H3. The lowest BCUT2D eigenvalue weighted by molar-refractivity contribution is 0.119. The molecule has 1 aromatic heterocycles. The van der Waals surface area contributed by atoms with Crippen molar-refractivity contribution in [2.75, 3.05) is 13.2 Å². The molecular weight excluding hydrogens is 214 g/mol. The lowest BCUT2D eigenvalue weighted by Crippen LogP contribution is -2.54. The number of likely N-dealkylation sites (N-methyl/N-ethyl adjacent to an activating group) is 1. The minimum Gasteiger partial charge on any atom is -0.394 e. The highest BCUT2D eigenvalue weighted by atomic mass is 16.3. The van der Waals surface area contributed by atoms with Crippen molar-refractivity contribution in [2.24, 2.45) is 5.92 Å². The molecule has 1 fully saturated rings. The van der Waals surface area contributed by atoms with Crippen molar-refractivity contribution in [3.8, 4) is 0 Å². The van der Waals surface area contributed by atoms with Crippen molar-refractivity contribution in [1.29, 1.82) is 0 Å². The van der Waals surface area contributed by atoms with Crippen LogP contribution in [0.4, 0.5) is 0 Å². The van der Waals surface area contributed by atoms with Gasteiger partial charge in [-0.1, -0.05) is 6.92 Å². The summed E-state index contributed by atoms with van der Waals surface area (Å²) in [5.74, 6) is 0.594. The maximum Gasteiger partial charge on any atom is 0.0641 e. The molecule has 0 amide bonds. The molecule has 1 atom stereocenters. The monoisotopic (exact) mass is 237 g/mol. The van der Waals surface area contributed by atoms with E-state index in [2.05, 4.69) is 30.3 Å². The van der Waals surface area contributed by atoms with Crippen LogP contribution in [0.25, 0.3) is 0 Å². The maximum atomic E-state index is 9.77. The van der Waals surface area contributed by atoms with Gasteiger partial charge in [-0.15, -0.1) is 0 Å². The third kappa shape index (κ3) is 2.53. The van der Waals surface area contributed by atoms with Gasteiger partial charge >= 0.3 is 0 Å². The van der Waals surface area contributed by atoms with Crippen molar-refractivity contribution in [1.82, 2.24) is 15.1 Å². The van der Waals surface area contributed by atoms with E-state index in [1.807, 2.05) is 11.6 Å². The Hall–Kier alpha value is -0.870. The van der Waals surface area contributed by atoms with Crippen molar-refractivity contribution in [2.45, 2.75) is 45.7 Å². The van der Waals surface area contributed by atoms with Gasteiger partial charge in [0.25, 0.3) is 0 Å². The molecule has 1 heterocycles. The number of aliphatic hydroxyl groups excluding tert-OH is 1. The number of nitrogens with one attached hydrogen (secondary N) is 1. The highest BCUT2D eigenvalue weighted by Crippen LogP contribution is 2.40. The van der Waals surface area contributed by atoms with Gasteiger partial charge in [0.2, 0.25) is 0 Å². The second kappa shape index (κ2) is 4.78. The third-order valence-corrected chi connectivity index (χ3v) is 3.71. The lowest BCUT2D eigenvalue weighted by atomic mass is 9.94. The summed E-state index contributed by atoms with van der Waals surface area (Å²) in [5.41, 5.74) is 2.03. The van der Waals surface area contributed by atoms with Crippen LogP contribution in [-0.4, -0.2) is 33.6 Å². The Morgan fingerprint density at radius 2 is 2.24 bits per heavy atom. The molecule has 0 saturated heterocycles. The van der Waals surface area contributed by atoms with Crippen molar-refractivity contribution in [3.05, 3.63) is 17.5 Å². The normalized spacial score (nSPS) is 19.3. The lowest BCUT2D eigenvalue weighted by Gasteiger charge is -2.33. The van der Waals surface area contributed by atoms with E-state index in [4.69, 9.17) is 0 Å². The number of aliphatic hydroxyl groups is 1. The quantitative estimate of drug-likeness (QED) is 0.783. The molecule has 2 N–H and O–H groups in total. The zero-order chi connectivity index (χ0) is 12.5. The fourth-order valence-electron chi connectivity index (χ4n) is 2.65. The van der Waals surface area contributed by atoms with Crippen LogP contribution in [0, 0.1) is 19.8 Å². The van der Waals surface area contributed by atoms with Gasteiger partial charge in [0.15, 0.2) is 0 Å². The Labute approximate surface area is 103 Å². The van der Waals surface area contributed by atoms with E-state index < -0.39 is 0 Å². The van der Waals surface area contributed by atoms with Crippen molar-refractivity contribution in [3.63, 3.8) is 0 Å². The summed E-state index contributed by atoms with van der Waals surface area (Å²) in [5, 5.41) is 17.8. The summed E-state index contributed by atoms with van der Waals surface area (Å²) in [6.45, 7) is 8.01. The van der Waals surface area contributed by atoms with Gasteiger partial charge in [0, 0.05) is 5.69 Å². The van der Waals surface area contributed by atoms with E-state index in [0.29, 0.717) is 5.92 Å². The molecule has 1 aliphatic carbocycles. The van der Waals surface area contributed by atoms with Gasteiger partial charge in [-0.05, 0) is 45.2 Å². The minimum absolute atomic E-state index is 0.183. The van der Waals surface area contributed by atoms with Gasteiger partial charge < -0.3 is 10.4 Å². The zero-order valence-electron chi connectivity index (χ0n) is 11.0. The average molecular weight is 237 g/mol. The number of hydrogen-bond donors (Lipinski definition) is 2. The second-order valence-electron chi connectivity index (χ2n) is 5.20. The molecule has 1 aliphatic rings. The molecule has 1 unspecified atom stereocenters. The van der Waals surface area contributed by atoms with E-state index >= 15 is 0 Å². The molecule has 0 aliphatic heterocycles. The van der Waals surface area contributed by atoms with Crippen molar-refractivity contribution < 1.29 is 5.11 Å². The molecule has 0 aromatic carbocycles. The van der Waals surface area contributed by atoms with E-state index in [9.17, 15) is 5.11 Å². The van der Waals surface area contributed by atoms with Crippen LogP contribution >= 0.6 is 0 Å². The Kier molecular flexibility index (Phi) is 3.54. The first-order valence-corrected chi connectivity index (χ1v) is 6.48.